The highest BCUT2D eigenvalue weighted by atomic mass is 16.6. The minimum absolute atomic E-state index is 0.0257. The van der Waals surface area contributed by atoms with Gasteiger partial charge in [-0.1, -0.05) is 52.0 Å². The zero-order valence-corrected chi connectivity index (χ0v) is 18.7. The van der Waals surface area contributed by atoms with E-state index in [0.29, 0.717) is 29.2 Å². The summed E-state index contributed by atoms with van der Waals surface area (Å²) in [5.41, 5.74) is 3.25. The van der Waals surface area contributed by atoms with Crippen LogP contribution in [0.25, 0.3) is 11.5 Å². The normalized spacial score (nSPS) is 13.5. The predicted octanol–water partition coefficient (Wildman–Crippen LogP) is 5.89. The Labute approximate surface area is 183 Å². The SMILES string of the molecule is CC(C)Cc1ccc([C@@H](N[C@H](C)c2nnc(-c3ccc([N+](=O)[O-])cc3)o2)C(C)C)cc1. The summed E-state index contributed by atoms with van der Waals surface area (Å²) in [6.45, 7) is 10.8. The van der Waals surface area contributed by atoms with Gasteiger partial charge < -0.3 is 4.42 Å². The lowest BCUT2D eigenvalue weighted by atomic mass is 9.93. The lowest BCUT2D eigenvalue weighted by Crippen LogP contribution is -2.28. The van der Waals surface area contributed by atoms with Crippen molar-refractivity contribution in [2.45, 2.75) is 53.1 Å². The molecule has 0 saturated heterocycles. The van der Waals surface area contributed by atoms with Crippen LogP contribution in [0.3, 0.4) is 0 Å². The molecule has 2 atom stereocenters. The fourth-order valence-corrected chi connectivity index (χ4v) is 3.60. The molecule has 0 fully saturated rings. The van der Waals surface area contributed by atoms with Gasteiger partial charge in [-0.2, -0.15) is 0 Å². The van der Waals surface area contributed by atoms with E-state index in [1.807, 2.05) is 6.92 Å². The van der Waals surface area contributed by atoms with Crippen LogP contribution in [-0.2, 0) is 6.42 Å². The van der Waals surface area contributed by atoms with E-state index < -0.39 is 4.92 Å². The Morgan fingerprint density at radius 3 is 2.16 bits per heavy atom. The smallest absolute Gasteiger partial charge is 0.269 e. The molecule has 0 amide bonds. The molecule has 3 rings (SSSR count). The number of rotatable bonds is 9. The van der Waals surface area contributed by atoms with E-state index in [4.69, 9.17) is 4.42 Å². The third kappa shape index (κ3) is 5.76. The van der Waals surface area contributed by atoms with Gasteiger partial charge in [0.2, 0.25) is 11.8 Å². The molecule has 7 heteroatoms. The molecule has 0 unspecified atom stereocenters. The molecule has 0 aliphatic rings. The lowest BCUT2D eigenvalue weighted by Gasteiger charge is -2.26. The van der Waals surface area contributed by atoms with E-state index >= 15 is 0 Å². The van der Waals surface area contributed by atoms with Gasteiger partial charge in [-0.15, -0.1) is 10.2 Å². The van der Waals surface area contributed by atoms with Crippen LogP contribution in [-0.4, -0.2) is 15.1 Å². The van der Waals surface area contributed by atoms with Gasteiger partial charge in [0.1, 0.15) is 0 Å². The molecule has 0 bridgehead atoms. The summed E-state index contributed by atoms with van der Waals surface area (Å²) in [6.07, 6.45) is 1.07. The number of benzene rings is 2. The lowest BCUT2D eigenvalue weighted by molar-refractivity contribution is -0.384. The van der Waals surface area contributed by atoms with Crippen LogP contribution in [0.5, 0.6) is 0 Å². The van der Waals surface area contributed by atoms with Gasteiger partial charge in [0.25, 0.3) is 5.69 Å². The molecule has 1 aromatic heterocycles. The molecule has 0 aliphatic carbocycles. The highest BCUT2D eigenvalue weighted by molar-refractivity contribution is 5.55. The Morgan fingerprint density at radius 1 is 0.968 bits per heavy atom. The van der Waals surface area contributed by atoms with Crippen molar-refractivity contribution in [3.63, 3.8) is 0 Å². The fraction of sp³-hybridized carbons (Fsp3) is 0.417. The number of nitrogens with one attached hydrogen (secondary N) is 1. The number of hydrogen-bond acceptors (Lipinski definition) is 6. The Bertz CT molecular complexity index is 994. The maximum Gasteiger partial charge on any atom is 0.269 e. The van der Waals surface area contributed by atoms with Crippen LogP contribution in [0.4, 0.5) is 5.69 Å². The van der Waals surface area contributed by atoms with Crippen molar-refractivity contribution in [3.8, 4) is 11.5 Å². The summed E-state index contributed by atoms with van der Waals surface area (Å²) < 4.78 is 5.86. The third-order valence-electron chi connectivity index (χ3n) is 5.22. The van der Waals surface area contributed by atoms with Crippen LogP contribution in [0.1, 0.15) is 63.7 Å². The molecule has 31 heavy (non-hydrogen) atoms. The van der Waals surface area contributed by atoms with Gasteiger partial charge in [-0.05, 0) is 48.4 Å². The number of non-ortho nitro benzene ring substituents is 1. The summed E-state index contributed by atoms with van der Waals surface area (Å²) in [5.74, 6) is 1.83. The highest BCUT2D eigenvalue weighted by Crippen LogP contribution is 2.28. The molecule has 7 nitrogen and oxygen atoms in total. The van der Waals surface area contributed by atoms with Crippen LogP contribution in [0, 0.1) is 22.0 Å². The number of nitro benzene ring substituents is 1. The average Bonchev–Trinajstić information content (AvgIpc) is 3.22. The number of hydrogen-bond donors (Lipinski definition) is 1. The van der Waals surface area contributed by atoms with Crippen molar-refractivity contribution < 1.29 is 9.34 Å². The standard InChI is InChI=1S/C24H30N4O3/c1-15(2)14-18-6-8-19(9-7-18)22(16(3)4)25-17(5)23-26-27-24(31-23)20-10-12-21(13-11-20)28(29)30/h6-13,15-17,22,25H,14H2,1-5H3/t17-,22+/m1/s1. The van der Waals surface area contributed by atoms with E-state index in [2.05, 4.69) is 67.5 Å². The molecule has 3 aromatic rings. The monoisotopic (exact) mass is 422 g/mol. The highest BCUT2D eigenvalue weighted by Gasteiger charge is 2.22. The van der Waals surface area contributed by atoms with Gasteiger partial charge in [-0.25, -0.2) is 0 Å². The number of nitrogens with zero attached hydrogens (tertiary/aromatic N) is 3. The van der Waals surface area contributed by atoms with Crippen molar-refractivity contribution in [1.82, 2.24) is 15.5 Å². The van der Waals surface area contributed by atoms with E-state index in [-0.39, 0.29) is 17.8 Å². The van der Waals surface area contributed by atoms with Gasteiger partial charge in [0.05, 0.1) is 11.0 Å². The molecule has 0 radical (unpaired) electrons. The second-order valence-electron chi connectivity index (χ2n) is 8.70. The summed E-state index contributed by atoms with van der Waals surface area (Å²) in [4.78, 5) is 10.4. The molecule has 0 saturated carbocycles. The maximum absolute atomic E-state index is 10.8. The van der Waals surface area contributed by atoms with E-state index in [1.54, 1.807) is 12.1 Å². The molecular weight excluding hydrogens is 392 g/mol. The zero-order valence-electron chi connectivity index (χ0n) is 18.7. The third-order valence-corrected chi connectivity index (χ3v) is 5.22. The van der Waals surface area contributed by atoms with Crippen LogP contribution < -0.4 is 5.32 Å². The Kier molecular flexibility index (Phi) is 7.17. The maximum atomic E-state index is 10.8. The zero-order chi connectivity index (χ0) is 22.5. The summed E-state index contributed by atoms with van der Waals surface area (Å²) >= 11 is 0. The molecule has 164 valence electrons. The van der Waals surface area contributed by atoms with E-state index in [1.165, 1.54) is 23.3 Å². The summed E-state index contributed by atoms with van der Waals surface area (Å²) in [5, 5.41) is 22.8. The number of nitro groups is 1. The second-order valence-corrected chi connectivity index (χ2v) is 8.70. The van der Waals surface area contributed by atoms with Gasteiger partial charge in [0.15, 0.2) is 0 Å². The first-order valence-corrected chi connectivity index (χ1v) is 10.7. The predicted molar refractivity (Wildman–Crippen MR) is 121 cm³/mol. The molecule has 2 aromatic carbocycles. The Hall–Kier alpha value is -3.06. The minimum atomic E-state index is -0.434. The van der Waals surface area contributed by atoms with E-state index in [9.17, 15) is 10.1 Å². The van der Waals surface area contributed by atoms with Crippen molar-refractivity contribution in [2.24, 2.45) is 11.8 Å². The topological polar surface area (TPSA) is 94.1 Å². The van der Waals surface area contributed by atoms with Crippen molar-refractivity contribution >= 4 is 5.69 Å². The first-order chi connectivity index (χ1) is 14.7. The van der Waals surface area contributed by atoms with Crippen molar-refractivity contribution in [2.75, 3.05) is 0 Å². The first kappa shape index (κ1) is 22.6. The summed E-state index contributed by atoms with van der Waals surface area (Å²) in [6, 6.07) is 14.9. The Balaban J connectivity index is 1.72. The average molecular weight is 423 g/mol. The van der Waals surface area contributed by atoms with Crippen LogP contribution >= 0.6 is 0 Å². The fourth-order valence-electron chi connectivity index (χ4n) is 3.60. The quantitative estimate of drug-likeness (QED) is 0.341. The molecule has 1 N–H and O–H groups in total. The van der Waals surface area contributed by atoms with Crippen LogP contribution in [0.15, 0.2) is 52.9 Å². The van der Waals surface area contributed by atoms with E-state index in [0.717, 1.165) is 6.42 Å². The largest absolute Gasteiger partial charge is 0.419 e. The number of aromatic nitrogens is 2. The van der Waals surface area contributed by atoms with Crippen LogP contribution in [0.2, 0.25) is 0 Å². The summed E-state index contributed by atoms with van der Waals surface area (Å²) in [7, 11) is 0. The van der Waals surface area contributed by atoms with Gasteiger partial charge in [0, 0.05) is 23.7 Å². The molecule has 0 aliphatic heterocycles. The molecule has 0 spiro atoms. The van der Waals surface area contributed by atoms with Gasteiger partial charge in [-0.3, -0.25) is 15.4 Å². The molecule has 1 heterocycles. The first-order valence-electron chi connectivity index (χ1n) is 10.7. The van der Waals surface area contributed by atoms with Crippen molar-refractivity contribution in [3.05, 3.63) is 75.7 Å². The Morgan fingerprint density at radius 2 is 1.61 bits per heavy atom. The van der Waals surface area contributed by atoms with Crippen molar-refractivity contribution in [1.29, 1.82) is 0 Å². The molecular formula is C24H30N4O3. The van der Waals surface area contributed by atoms with Gasteiger partial charge >= 0.3 is 0 Å². The minimum Gasteiger partial charge on any atom is -0.419 e. The second kappa shape index (κ2) is 9.83.